The lowest BCUT2D eigenvalue weighted by atomic mass is 9.89. The van der Waals surface area contributed by atoms with Crippen LogP contribution in [0.5, 0.6) is 0 Å². The lowest BCUT2D eigenvalue weighted by Gasteiger charge is -2.27. The molecule has 3 atom stereocenters. The number of halogens is 6. The Bertz CT molecular complexity index is 830. The maximum Gasteiger partial charge on any atom is 0.416 e. The highest BCUT2D eigenvalue weighted by atomic mass is 35.5. The van der Waals surface area contributed by atoms with Crippen LogP contribution in [-0.2, 0) is 12.7 Å². The Morgan fingerprint density at radius 2 is 1.69 bits per heavy atom. The van der Waals surface area contributed by atoms with Crippen molar-refractivity contribution in [3.8, 4) is 0 Å². The Hall–Kier alpha value is -1.34. The fourth-order valence-electron chi connectivity index (χ4n) is 4.85. The standard InChI is InChI=1S/C21H22F4N2.2ClH/c1-26-10-16-12-27(11-15-5-2-3-8-19(15)21(23,24)25)13-18(16)20(26)14-6-4-7-17(22)9-14;;/h2-9,16,18,20H,10-13H2,1H3;2*1H/t16-,18+,20-;;/m0../s1. The number of hydrogen-bond donors (Lipinski definition) is 0. The summed E-state index contributed by atoms with van der Waals surface area (Å²) in [5.41, 5.74) is 0.712. The minimum atomic E-state index is -4.34. The van der Waals surface area contributed by atoms with Gasteiger partial charge in [0.1, 0.15) is 5.82 Å². The lowest BCUT2D eigenvalue weighted by Crippen LogP contribution is -2.29. The third-order valence-corrected chi connectivity index (χ3v) is 5.88. The molecule has 2 aliphatic heterocycles. The van der Waals surface area contributed by atoms with E-state index in [9.17, 15) is 17.6 Å². The van der Waals surface area contributed by atoms with Crippen LogP contribution in [0.1, 0.15) is 22.7 Å². The molecule has 8 heteroatoms. The van der Waals surface area contributed by atoms with Crippen LogP contribution in [-0.4, -0.2) is 36.5 Å². The lowest BCUT2D eigenvalue weighted by molar-refractivity contribution is -0.138. The van der Waals surface area contributed by atoms with Crippen molar-refractivity contribution in [1.82, 2.24) is 9.80 Å². The van der Waals surface area contributed by atoms with E-state index in [2.05, 4.69) is 9.80 Å². The average molecular weight is 451 g/mol. The highest BCUT2D eigenvalue weighted by Crippen LogP contribution is 2.44. The summed E-state index contributed by atoms with van der Waals surface area (Å²) in [6.45, 7) is 2.67. The molecule has 2 aromatic carbocycles. The van der Waals surface area contributed by atoms with Crippen LogP contribution < -0.4 is 0 Å². The second-order valence-electron chi connectivity index (χ2n) is 7.71. The number of fused-ring (bicyclic) bond motifs is 1. The molecular formula is C21H24Cl2F4N2. The minimum absolute atomic E-state index is 0. The number of benzene rings is 2. The van der Waals surface area contributed by atoms with E-state index >= 15 is 0 Å². The molecule has 2 saturated heterocycles. The minimum Gasteiger partial charge on any atom is -0.299 e. The van der Waals surface area contributed by atoms with Gasteiger partial charge in [0.15, 0.2) is 0 Å². The largest absolute Gasteiger partial charge is 0.416 e. The average Bonchev–Trinajstić information content (AvgIpc) is 3.10. The van der Waals surface area contributed by atoms with Crippen molar-refractivity contribution < 1.29 is 17.6 Å². The van der Waals surface area contributed by atoms with E-state index in [1.54, 1.807) is 24.3 Å². The van der Waals surface area contributed by atoms with Crippen molar-refractivity contribution in [2.24, 2.45) is 11.8 Å². The molecule has 0 unspecified atom stereocenters. The van der Waals surface area contributed by atoms with Crippen molar-refractivity contribution in [2.45, 2.75) is 18.8 Å². The summed E-state index contributed by atoms with van der Waals surface area (Å²) in [5, 5.41) is 0. The second kappa shape index (κ2) is 9.21. The van der Waals surface area contributed by atoms with E-state index in [1.165, 1.54) is 12.1 Å². The van der Waals surface area contributed by atoms with E-state index in [0.717, 1.165) is 31.3 Å². The van der Waals surface area contributed by atoms with Gasteiger partial charge in [-0.3, -0.25) is 9.80 Å². The monoisotopic (exact) mass is 450 g/mol. The maximum atomic E-state index is 13.7. The van der Waals surface area contributed by atoms with Gasteiger partial charge >= 0.3 is 6.18 Å². The first-order valence-electron chi connectivity index (χ1n) is 9.16. The third kappa shape index (κ3) is 4.88. The summed E-state index contributed by atoms with van der Waals surface area (Å²) in [5.74, 6) is 0.439. The van der Waals surface area contributed by atoms with Crippen LogP contribution in [0.4, 0.5) is 17.6 Å². The number of likely N-dealkylation sites (tertiary alicyclic amines) is 2. The van der Waals surface area contributed by atoms with Gasteiger partial charge in [-0.1, -0.05) is 30.3 Å². The Labute approximate surface area is 180 Å². The van der Waals surface area contributed by atoms with Crippen molar-refractivity contribution in [1.29, 1.82) is 0 Å². The molecule has 0 amide bonds. The molecule has 0 aliphatic carbocycles. The predicted octanol–water partition coefficient (Wildman–Crippen LogP) is 5.42. The SMILES string of the molecule is CN1C[C@H]2CN(Cc3ccccc3C(F)(F)F)C[C@H]2[C@@H]1c1cccc(F)c1.Cl.Cl. The molecule has 0 spiro atoms. The molecule has 160 valence electrons. The van der Waals surface area contributed by atoms with Crippen LogP contribution >= 0.6 is 24.8 Å². The summed E-state index contributed by atoms with van der Waals surface area (Å²) in [6.07, 6.45) is -4.34. The zero-order valence-electron chi connectivity index (χ0n) is 15.9. The summed E-state index contributed by atoms with van der Waals surface area (Å²) >= 11 is 0. The van der Waals surface area contributed by atoms with Crippen molar-refractivity contribution >= 4 is 24.8 Å². The summed E-state index contributed by atoms with van der Waals surface area (Å²) in [7, 11) is 2.04. The van der Waals surface area contributed by atoms with Crippen molar-refractivity contribution in [2.75, 3.05) is 26.7 Å². The van der Waals surface area contributed by atoms with Crippen LogP contribution in [0.3, 0.4) is 0 Å². The predicted molar refractivity (Wildman–Crippen MR) is 110 cm³/mol. The molecule has 4 rings (SSSR count). The van der Waals surface area contributed by atoms with Crippen LogP contribution in [0.25, 0.3) is 0 Å². The number of rotatable bonds is 3. The van der Waals surface area contributed by atoms with Crippen molar-refractivity contribution in [3.63, 3.8) is 0 Å². The summed E-state index contributed by atoms with van der Waals surface area (Å²) in [4.78, 5) is 4.35. The second-order valence-corrected chi connectivity index (χ2v) is 7.71. The number of nitrogens with zero attached hydrogens (tertiary/aromatic N) is 2. The first kappa shape index (κ1) is 23.9. The van der Waals surface area contributed by atoms with E-state index in [0.29, 0.717) is 23.9 Å². The first-order chi connectivity index (χ1) is 12.8. The van der Waals surface area contributed by atoms with Gasteiger partial charge in [-0.15, -0.1) is 24.8 Å². The van der Waals surface area contributed by atoms with Gasteiger partial charge in [-0.2, -0.15) is 13.2 Å². The molecule has 2 nitrogen and oxygen atoms in total. The van der Waals surface area contributed by atoms with Gasteiger partial charge in [-0.05, 0) is 48.2 Å². The quantitative estimate of drug-likeness (QED) is 0.575. The van der Waals surface area contributed by atoms with E-state index in [4.69, 9.17) is 0 Å². The Balaban J connectivity index is 0.00000150. The van der Waals surface area contributed by atoms with Gasteiger partial charge in [-0.25, -0.2) is 4.39 Å². The number of alkyl halides is 3. The molecule has 2 fully saturated rings. The first-order valence-corrected chi connectivity index (χ1v) is 9.16. The van der Waals surface area contributed by atoms with Gasteiger partial charge in [0, 0.05) is 32.2 Å². The maximum absolute atomic E-state index is 13.7. The Kier molecular flexibility index (Phi) is 7.60. The fraction of sp³-hybridized carbons (Fsp3) is 0.429. The van der Waals surface area contributed by atoms with Gasteiger partial charge in [0.25, 0.3) is 0 Å². The van der Waals surface area contributed by atoms with Crippen LogP contribution in [0.2, 0.25) is 0 Å². The van der Waals surface area contributed by atoms with Gasteiger partial charge in [0.05, 0.1) is 5.56 Å². The molecule has 2 heterocycles. The zero-order chi connectivity index (χ0) is 19.2. The van der Waals surface area contributed by atoms with E-state index < -0.39 is 11.7 Å². The highest BCUT2D eigenvalue weighted by molar-refractivity contribution is 5.85. The summed E-state index contributed by atoms with van der Waals surface area (Å²) in [6, 6.07) is 12.6. The Morgan fingerprint density at radius 1 is 0.966 bits per heavy atom. The summed E-state index contributed by atoms with van der Waals surface area (Å²) < 4.78 is 53.5. The molecule has 0 bridgehead atoms. The van der Waals surface area contributed by atoms with Crippen LogP contribution in [0.15, 0.2) is 48.5 Å². The third-order valence-electron chi connectivity index (χ3n) is 5.88. The molecule has 0 saturated carbocycles. The molecule has 29 heavy (non-hydrogen) atoms. The van der Waals surface area contributed by atoms with E-state index in [-0.39, 0.29) is 36.7 Å². The van der Waals surface area contributed by atoms with E-state index in [1.807, 2.05) is 13.1 Å². The van der Waals surface area contributed by atoms with Gasteiger partial charge in [0.2, 0.25) is 0 Å². The fourth-order valence-corrected chi connectivity index (χ4v) is 4.85. The highest BCUT2D eigenvalue weighted by Gasteiger charge is 2.46. The number of hydrogen-bond acceptors (Lipinski definition) is 2. The normalized spacial score (nSPS) is 24.7. The van der Waals surface area contributed by atoms with Gasteiger partial charge < -0.3 is 0 Å². The van der Waals surface area contributed by atoms with Crippen molar-refractivity contribution in [3.05, 3.63) is 71.0 Å². The zero-order valence-corrected chi connectivity index (χ0v) is 17.5. The molecule has 0 N–H and O–H groups in total. The molecule has 2 aromatic rings. The molecule has 2 aliphatic rings. The topological polar surface area (TPSA) is 6.48 Å². The Morgan fingerprint density at radius 3 is 2.38 bits per heavy atom. The molecular weight excluding hydrogens is 427 g/mol. The molecule has 0 aromatic heterocycles. The molecule has 0 radical (unpaired) electrons. The smallest absolute Gasteiger partial charge is 0.299 e. The van der Waals surface area contributed by atoms with Crippen LogP contribution in [0, 0.1) is 17.7 Å².